The first kappa shape index (κ1) is 14.8. The van der Waals surface area contributed by atoms with Crippen molar-refractivity contribution in [3.8, 4) is 0 Å². The molecule has 0 aliphatic heterocycles. The zero-order valence-corrected chi connectivity index (χ0v) is 12.2. The highest BCUT2D eigenvalue weighted by Gasteiger charge is 2.18. The molecule has 2 aromatic rings. The summed E-state index contributed by atoms with van der Waals surface area (Å²) >= 11 is 12.2. The van der Waals surface area contributed by atoms with E-state index in [4.69, 9.17) is 29.8 Å². The zero-order chi connectivity index (χ0) is 14.4. The summed E-state index contributed by atoms with van der Waals surface area (Å²) in [6.45, 7) is 8.01. The molecular weight excluding hydrogens is 293 g/mol. The van der Waals surface area contributed by atoms with Crippen LogP contribution < -0.4 is 5.32 Å². The van der Waals surface area contributed by atoms with Gasteiger partial charge in [-0.2, -0.15) is 0 Å². The van der Waals surface area contributed by atoms with Crippen molar-refractivity contribution < 1.29 is 0 Å². The second-order valence-corrected chi connectivity index (χ2v) is 5.06. The molecule has 3 nitrogen and oxygen atoms in total. The molecule has 0 radical (unpaired) electrons. The Bertz CT molecular complexity index is 608. The molecule has 0 aliphatic rings. The fourth-order valence-electron chi connectivity index (χ4n) is 1.90. The first-order valence-electron chi connectivity index (χ1n) is 6.11. The van der Waals surface area contributed by atoms with Gasteiger partial charge in [0.2, 0.25) is 6.54 Å². The van der Waals surface area contributed by atoms with Gasteiger partial charge >= 0.3 is 0 Å². The van der Waals surface area contributed by atoms with Gasteiger partial charge in [-0.05, 0) is 23.3 Å². The van der Waals surface area contributed by atoms with Crippen LogP contribution in [0.5, 0.6) is 0 Å². The molecule has 0 aliphatic carbocycles. The van der Waals surface area contributed by atoms with Crippen LogP contribution in [-0.4, -0.2) is 11.5 Å². The summed E-state index contributed by atoms with van der Waals surface area (Å²) < 4.78 is 0. The molecule has 1 aromatic heterocycles. The number of benzene rings is 1. The Morgan fingerprint density at radius 2 is 2.10 bits per heavy atom. The first-order valence-corrected chi connectivity index (χ1v) is 6.87. The fourth-order valence-corrected chi connectivity index (χ4v) is 2.34. The molecule has 20 heavy (non-hydrogen) atoms. The van der Waals surface area contributed by atoms with E-state index in [0.29, 0.717) is 23.1 Å². The maximum Gasteiger partial charge on any atom is 0.233 e. The Morgan fingerprint density at radius 1 is 1.25 bits per heavy atom. The highest BCUT2D eigenvalue weighted by molar-refractivity contribution is 6.42. The van der Waals surface area contributed by atoms with Crippen molar-refractivity contribution >= 4 is 23.2 Å². The summed E-state index contributed by atoms with van der Waals surface area (Å²) in [5.74, 6) is 0. The SMILES string of the molecule is [C-]#[N+]CC(NCc1cccnc1)c1cccc(Cl)c1Cl. The summed E-state index contributed by atoms with van der Waals surface area (Å²) in [4.78, 5) is 7.53. The highest BCUT2D eigenvalue weighted by Crippen LogP contribution is 2.30. The molecule has 1 N–H and O–H groups in total. The van der Waals surface area contributed by atoms with Crippen LogP contribution in [0.25, 0.3) is 4.85 Å². The average Bonchev–Trinajstić information content (AvgIpc) is 2.48. The standard InChI is InChI=1S/C15H13Cl2N3/c1-18-10-14(12-5-2-6-13(16)15(12)17)20-9-11-4-3-7-19-8-11/h2-8,14,20H,9-10H2. The quantitative estimate of drug-likeness (QED) is 0.841. The number of rotatable bonds is 5. The van der Waals surface area contributed by atoms with Crippen LogP contribution in [0.1, 0.15) is 17.2 Å². The lowest BCUT2D eigenvalue weighted by Gasteiger charge is -2.16. The van der Waals surface area contributed by atoms with Crippen LogP contribution in [0.3, 0.4) is 0 Å². The van der Waals surface area contributed by atoms with Crippen LogP contribution in [0.4, 0.5) is 0 Å². The van der Waals surface area contributed by atoms with Gasteiger partial charge in [0.1, 0.15) is 6.04 Å². The highest BCUT2D eigenvalue weighted by atomic mass is 35.5. The van der Waals surface area contributed by atoms with E-state index in [-0.39, 0.29) is 6.04 Å². The Morgan fingerprint density at radius 3 is 2.80 bits per heavy atom. The number of nitrogens with one attached hydrogen (secondary N) is 1. The van der Waals surface area contributed by atoms with Crippen LogP contribution in [0.2, 0.25) is 10.0 Å². The summed E-state index contributed by atoms with van der Waals surface area (Å²) in [7, 11) is 0. The lowest BCUT2D eigenvalue weighted by atomic mass is 10.1. The van der Waals surface area contributed by atoms with E-state index < -0.39 is 0 Å². The lowest BCUT2D eigenvalue weighted by molar-refractivity contribution is 0.563. The third-order valence-corrected chi connectivity index (χ3v) is 3.74. The molecular formula is C15H13Cl2N3. The van der Waals surface area contributed by atoms with Gasteiger partial charge < -0.3 is 4.85 Å². The number of halogens is 2. The number of pyridine rings is 1. The molecule has 1 unspecified atom stereocenters. The molecule has 1 heterocycles. The minimum Gasteiger partial charge on any atom is -0.315 e. The van der Waals surface area contributed by atoms with Gasteiger partial charge in [-0.25, -0.2) is 6.57 Å². The molecule has 0 fully saturated rings. The predicted molar refractivity (Wildman–Crippen MR) is 81.7 cm³/mol. The smallest absolute Gasteiger partial charge is 0.233 e. The van der Waals surface area contributed by atoms with Crippen molar-refractivity contribution in [2.45, 2.75) is 12.6 Å². The maximum atomic E-state index is 7.09. The molecule has 1 atom stereocenters. The van der Waals surface area contributed by atoms with Gasteiger partial charge in [0.15, 0.2) is 0 Å². The Kier molecular flexibility index (Phi) is 5.37. The largest absolute Gasteiger partial charge is 0.315 e. The Balaban J connectivity index is 2.15. The second-order valence-electron chi connectivity index (χ2n) is 4.28. The molecule has 5 heteroatoms. The van der Waals surface area contributed by atoms with E-state index in [1.54, 1.807) is 18.5 Å². The van der Waals surface area contributed by atoms with Crippen molar-refractivity contribution in [1.82, 2.24) is 10.3 Å². The maximum absolute atomic E-state index is 7.09. The van der Waals surface area contributed by atoms with Gasteiger partial charge in [0.05, 0.1) is 10.0 Å². The molecule has 1 aromatic carbocycles. The third kappa shape index (κ3) is 3.71. The van der Waals surface area contributed by atoms with Crippen molar-refractivity contribution in [1.29, 1.82) is 0 Å². The summed E-state index contributed by atoms with van der Waals surface area (Å²) in [5, 5.41) is 4.33. The first-order chi connectivity index (χ1) is 9.72. The predicted octanol–water partition coefficient (Wildman–Crippen LogP) is 4.14. The summed E-state index contributed by atoms with van der Waals surface area (Å²) in [6, 6.07) is 9.18. The summed E-state index contributed by atoms with van der Waals surface area (Å²) in [6.07, 6.45) is 3.52. The van der Waals surface area contributed by atoms with Gasteiger partial charge in [-0.15, -0.1) is 0 Å². The minimum absolute atomic E-state index is 0.154. The van der Waals surface area contributed by atoms with Crippen LogP contribution >= 0.6 is 23.2 Å². The van der Waals surface area contributed by atoms with Crippen molar-refractivity contribution in [3.05, 3.63) is 75.3 Å². The van der Waals surface area contributed by atoms with E-state index >= 15 is 0 Å². The Hall–Kier alpha value is -1.60. The number of nitrogens with zero attached hydrogens (tertiary/aromatic N) is 2. The fraction of sp³-hybridized carbons (Fsp3) is 0.200. The van der Waals surface area contributed by atoms with Crippen LogP contribution in [-0.2, 0) is 6.54 Å². The minimum atomic E-state index is -0.154. The zero-order valence-electron chi connectivity index (χ0n) is 10.7. The topological polar surface area (TPSA) is 29.3 Å². The average molecular weight is 306 g/mol. The van der Waals surface area contributed by atoms with Crippen molar-refractivity contribution in [2.24, 2.45) is 0 Å². The molecule has 2 rings (SSSR count). The van der Waals surface area contributed by atoms with E-state index in [1.807, 2.05) is 24.3 Å². The molecule has 102 valence electrons. The molecule has 0 saturated heterocycles. The van der Waals surface area contributed by atoms with Gasteiger partial charge in [0.25, 0.3) is 0 Å². The second kappa shape index (κ2) is 7.25. The monoisotopic (exact) mass is 305 g/mol. The number of hydrogen-bond donors (Lipinski definition) is 1. The molecule has 0 bridgehead atoms. The molecule has 0 amide bonds. The van der Waals surface area contributed by atoms with Crippen LogP contribution in [0, 0.1) is 6.57 Å². The third-order valence-electron chi connectivity index (χ3n) is 2.91. The Labute approximate surface area is 128 Å². The van der Waals surface area contributed by atoms with E-state index in [9.17, 15) is 0 Å². The van der Waals surface area contributed by atoms with Crippen LogP contribution in [0.15, 0.2) is 42.7 Å². The van der Waals surface area contributed by atoms with E-state index in [0.717, 1.165) is 11.1 Å². The van der Waals surface area contributed by atoms with Gasteiger partial charge in [-0.3, -0.25) is 10.3 Å². The lowest BCUT2D eigenvalue weighted by Crippen LogP contribution is -2.23. The van der Waals surface area contributed by atoms with Crippen molar-refractivity contribution in [3.63, 3.8) is 0 Å². The number of hydrogen-bond acceptors (Lipinski definition) is 2. The number of aromatic nitrogens is 1. The van der Waals surface area contributed by atoms with E-state index in [1.165, 1.54) is 0 Å². The van der Waals surface area contributed by atoms with E-state index in [2.05, 4.69) is 15.1 Å². The molecule has 0 saturated carbocycles. The molecule has 0 spiro atoms. The van der Waals surface area contributed by atoms with Gasteiger partial charge in [-0.1, -0.05) is 41.4 Å². The summed E-state index contributed by atoms with van der Waals surface area (Å²) in [5.41, 5.74) is 1.90. The van der Waals surface area contributed by atoms with Crippen molar-refractivity contribution in [2.75, 3.05) is 6.54 Å². The normalized spacial score (nSPS) is 11.8. The van der Waals surface area contributed by atoms with Gasteiger partial charge in [0, 0.05) is 18.9 Å².